The summed E-state index contributed by atoms with van der Waals surface area (Å²) in [6.45, 7) is 3.90. The third-order valence-electron chi connectivity index (χ3n) is 4.55. The molecule has 2 aromatic carbocycles. The topological polar surface area (TPSA) is 108 Å². The maximum atomic E-state index is 12.3. The second-order valence-electron chi connectivity index (χ2n) is 6.45. The largest absolute Gasteiger partial charge is 0.490 e. The Hall–Kier alpha value is -3.42. The van der Waals surface area contributed by atoms with Crippen LogP contribution in [0.2, 0.25) is 0 Å². The Labute approximate surface area is 169 Å². The number of amides is 1. The molecule has 2 aromatic rings. The molecule has 0 aliphatic heterocycles. The summed E-state index contributed by atoms with van der Waals surface area (Å²) >= 11 is 0. The van der Waals surface area contributed by atoms with Crippen LogP contribution in [-0.2, 0) is 9.53 Å². The number of hydrogen-bond acceptors (Lipinski definition) is 6. The molecule has 1 amide bonds. The maximum Gasteiger partial charge on any atom is 0.339 e. The number of hydrogen-bond donors (Lipinski definition) is 1. The quantitative estimate of drug-likeness (QED) is 0.392. The van der Waals surface area contributed by atoms with Gasteiger partial charge in [0.25, 0.3) is 5.91 Å². The zero-order chi connectivity index (χ0) is 21.4. The van der Waals surface area contributed by atoms with E-state index in [9.17, 15) is 19.7 Å². The Balaban J connectivity index is 1.97. The highest BCUT2D eigenvalue weighted by Crippen LogP contribution is 2.28. The smallest absolute Gasteiger partial charge is 0.339 e. The minimum Gasteiger partial charge on any atom is -0.490 e. The molecule has 8 heteroatoms. The molecule has 0 saturated heterocycles. The van der Waals surface area contributed by atoms with Crippen LogP contribution in [0.4, 0.5) is 5.69 Å². The van der Waals surface area contributed by atoms with Crippen LogP contribution < -0.4 is 10.1 Å². The van der Waals surface area contributed by atoms with Crippen LogP contribution >= 0.6 is 0 Å². The van der Waals surface area contributed by atoms with E-state index in [1.54, 1.807) is 0 Å². The Morgan fingerprint density at radius 3 is 2.45 bits per heavy atom. The van der Waals surface area contributed by atoms with E-state index in [-0.39, 0.29) is 22.9 Å². The first-order chi connectivity index (χ1) is 13.9. The molecular weight excluding hydrogens is 376 g/mol. The lowest BCUT2D eigenvalue weighted by Gasteiger charge is -2.18. The molecule has 8 nitrogen and oxygen atoms in total. The number of carbonyl (C=O) groups is 2. The number of rotatable bonds is 9. The van der Waals surface area contributed by atoms with Crippen molar-refractivity contribution in [1.82, 2.24) is 5.32 Å². The lowest BCUT2D eigenvalue weighted by molar-refractivity contribution is -0.385. The molecule has 0 aliphatic rings. The predicted molar refractivity (Wildman–Crippen MR) is 107 cm³/mol. The van der Waals surface area contributed by atoms with Crippen LogP contribution in [0.3, 0.4) is 0 Å². The number of benzene rings is 2. The van der Waals surface area contributed by atoms with E-state index in [0.29, 0.717) is 6.54 Å². The summed E-state index contributed by atoms with van der Waals surface area (Å²) < 4.78 is 10.1. The maximum absolute atomic E-state index is 12.3. The van der Waals surface area contributed by atoms with Crippen LogP contribution in [0, 0.1) is 10.1 Å². The predicted octanol–water partition coefficient (Wildman–Crippen LogP) is 3.46. The molecular formula is C21H24N2O6. The fourth-order valence-electron chi connectivity index (χ4n) is 2.83. The minimum absolute atomic E-state index is 0.0314. The molecule has 0 saturated carbocycles. The fourth-order valence-corrected chi connectivity index (χ4v) is 2.83. The van der Waals surface area contributed by atoms with Gasteiger partial charge in [0.05, 0.1) is 17.6 Å². The van der Waals surface area contributed by atoms with Crippen molar-refractivity contribution in [3.05, 3.63) is 69.8 Å². The van der Waals surface area contributed by atoms with Crippen molar-refractivity contribution in [1.29, 1.82) is 0 Å². The molecule has 2 atom stereocenters. The fraction of sp³-hybridized carbons (Fsp3) is 0.333. The molecule has 2 rings (SSSR count). The Morgan fingerprint density at radius 2 is 1.86 bits per heavy atom. The summed E-state index contributed by atoms with van der Waals surface area (Å²) in [6.07, 6.45) is -0.203. The van der Waals surface area contributed by atoms with Gasteiger partial charge < -0.3 is 14.8 Å². The zero-order valence-electron chi connectivity index (χ0n) is 16.6. The minimum atomic E-state index is -1.04. The highest BCUT2D eigenvalue weighted by Gasteiger charge is 2.23. The lowest BCUT2D eigenvalue weighted by atomic mass is 9.96. The van der Waals surface area contributed by atoms with Crippen molar-refractivity contribution in [2.75, 3.05) is 13.7 Å². The first kappa shape index (κ1) is 21.9. The van der Waals surface area contributed by atoms with Gasteiger partial charge in [-0.2, -0.15) is 0 Å². The molecule has 0 aliphatic carbocycles. The average Bonchev–Trinajstić information content (AvgIpc) is 2.74. The summed E-state index contributed by atoms with van der Waals surface area (Å²) in [6, 6.07) is 13.5. The molecule has 29 heavy (non-hydrogen) atoms. The number of esters is 1. The van der Waals surface area contributed by atoms with Gasteiger partial charge in [-0.1, -0.05) is 37.3 Å². The average molecular weight is 400 g/mol. The van der Waals surface area contributed by atoms with Gasteiger partial charge in [0, 0.05) is 18.5 Å². The zero-order valence-corrected chi connectivity index (χ0v) is 16.6. The third kappa shape index (κ3) is 5.78. The SMILES string of the molecule is CC[C@H](CNC(=O)[C@H](C)OC(=O)c1ccc(OC)c([N+](=O)[O-])c1)c1ccccc1. The highest BCUT2D eigenvalue weighted by molar-refractivity contribution is 5.93. The number of ether oxygens (including phenoxy) is 2. The van der Waals surface area contributed by atoms with E-state index in [2.05, 4.69) is 5.32 Å². The molecule has 0 spiro atoms. The molecule has 0 radical (unpaired) electrons. The van der Waals surface area contributed by atoms with Crippen LogP contribution in [0.25, 0.3) is 0 Å². The van der Waals surface area contributed by atoms with Gasteiger partial charge in [-0.05, 0) is 31.0 Å². The first-order valence-electron chi connectivity index (χ1n) is 9.23. The number of carbonyl (C=O) groups excluding carboxylic acids is 2. The van der Waals surface area contributed by atoms with Crippen LogP contribution in [0.1, 0.15) is 42.1 Å². The summed E-state index contributed by atoms with van der Waals surface area (Å²) in [4.78, 5) is 35.0. The standard InChI is InChI=1S/C21H24N2O6/c1-4-15(16-8-6-5-7-9-16)13-22-20(24)14(2)29-21(25)17-10-11-19(28-3)18(12-17)23(26)27/h5-12,14-15H,4,13H2,1-3H3,(H,22,24)/t14-,15+/m0/s1. The van der Waals surface area contributed by atoms with Crippen molar-refractivity contribution in [3.63, 3.8) is 0 Å². The molecule has 0 heterocycles. The van der Waals surface area contributed by atoms with Crippen molar-refractivity contribution in [3.8, 4) is 5.75 Å². The first-order valence-corrected chi connectivity index (χ1v) is 9.23. The van der Waals surface area contributed by atoms with Crippen molar-refractivity contribution in [2.45, 2.75) is 32.3 Å². The van der Waals surface area contributed by atoms with E-state index in [4.69, 9.17) is 9.47 Å². The van der Waals surface area contributed by atoms with E-state index in [1.165, 1.54) is 26.2 Å². The molecule has 0 fully saturated rings. The summed E-state index contributed by atoms with van der Waals surface area (Å²) in [5.74, 6) is -1.08. The Kier molecular flexibility index (Phi) is 7.70. The molecule has 1 N–H and O–H groups in total. The monoisotopic (exact) mass is 400 g/mol. The van der Waals surface area contributed by atoms with Gasteiger partial charge in [-0.15, -0.1) is 0 Å². The van der Waals surface area contributed by atoms with Gasteiger partial charge in [0.2, 0.25) is 0 Å². The van der Waals surface area contributed by atoms with Gasteiger partial charge in [0.15, 0.2) is 11.9 Å². The normalized spacial score (nSPS) is 12.5. The second-order valence-corrected chi connectivity index (χ2v) is 6.45. The van der Waals surface area contributed by atoms with Gasteiger partial charge >= 0.3 is 11.7 Å². The summed E-state index contributed by atoms with van der Waals surface area (Å²) in [5, 5.41) is 13.9. The van der Waals surface area contributed by atoms with Crippen LogP contribution in [-0.4, -0.2) is 36.6 Å². The van der Waals surface area contributed by atoms with Gasteiger partial charge in [0.1, 0.15) is 0 Å². The lowest BCUT2D eigenvalue weighted by Crippen LogP contribution is -2.38. The van der Waals surface area contributed by atoms with Gasteiger partial charge in [-0.3, -0.25) is 14.9 Å². The number of nitro groups is 1. The van der Waals surface area contributed by atoms with E-state index in [0.717, 1.165) is 18.1 Å². The van der Waals surface area contributed by atoms with Crippen molar-refractivity contribution in [2.24, 2.45) is 0 Å². The van der Waals surface area contributed by atoms with Crippen LogP contribution in [0.15, 0.2) is 48.5 Å². The Morgan fingerprint density at radius 1 is 1.17 bits per heavy atom. The highest BCUT2D eigenvalue weighted by atomic mass is 16.6. The Bertz CT molecular complexity index is 869. The van der Waals surface area contributed by atoms with Crippen molar-refractivity contribution >= 4 is 17.6 Å². The van der Waals surface area contributed by atoms with E-state index < -0.39 is 22.9 Å². The van der Waals surface area contributed by atoms with Crippen molar-refractivity contribution < 1.29 is 24.0 Å². The van der Waals surface area contributed by atoms with Gasteiger partial charge in [-0.25, -0.2) is 4.79 Å². The molecule has 0 aromatic heterocycles. The molecule has 0 bridgehead atoms. The number of nitrogens with one attached hydrogen (secondary N) is 1. The van der Waals surface area contributed by atoms with E-state index in [1.807, 2.05) is 37.3 Å². The number of nitrogens with zero attached hydrogens (tertiary/aromatic N) is 1. The van der Waals surface area contributed by atoms with Crippen LogP contribution in [0.5, 0.6) is 5.75 Å². The molecule has 154 valence electrons. The second kappa shape index (κ2) is 10.2. The van der Waals surface area contributed by atoms with E-state index >= 15 is 0 Å². The molecule has 0 unspecified atom stereocenters. The summed E-state index contributed by atoms with van der Waals surface area (Å²) in [5.41, 5.74) is 0.728. The number of nitro benzene ring substituents is 1. The third-order valence-corrected chi connectivity index (χ3v) is 4.55. The summed E-state index contributed by atoms with van der Waals surface area (Å²) in [7, 11) is 1.30. The number of methoxy groups -OCH3 is 1.